The topological polar surface area (TPSA) is 26.3 Å². The first-order valence-electron chi connectivity index (χ1n) is 7.04. The zero-order valence-electron chi connectivity index (χ0n) is 12.4. The zero-order valence-corrected chi connectivity index (χ0v) is 12.4. The van der Waals surface area contributed by atoms with Crippen molar-refractivity contribution in [3.05, 3.63) is 60.2 Å². The van der Waals surface area contributed by atoms with Crippen LogP contribution in [0.1, 0.15) is 26.3 Å². The average molecular weight is 270 g/mol. The lowest BCUT2D eigenvalue weighted by atomic mass is 9.98. The molecule has 20 heavy (non-hydrogen) atoms. The lowest BCUT2D eigenvalue weighted by Gasteiger charge is -2.09. The van der Waals surface area contributed by atoms with Gasteiger partial charge in [0.05, 0.1) is 6.61 Å². The van der Waals surface area contributed by atoms with Gasteiger partial charge in [-0.3, -0.25) is 4.79 Å². The minimum atomic E-state index is -0.229. The van der Waals surface area contributed by atoms with Crippen molar-refractivity contribution in [1.82, 2.24) is 0 Å². The van der Waals surface area contributed by atoms with Gasteiger partial charge in [-0.2, -0.15) is 0 Å². The maximum atomic E-state index is 10.8. The van der Waals surface area contributed by atoms with Gasteiger partial charge in [0.2, 0.25) is 0 Å². The van der Waals surface area contributed by atoms with E-state index in [1.54, 1.807) is 0 Å². The molecule has 2 aromatic rings. The monoisotopic (exact) mass is 270 g/mol. The summed E-state index contributed by atoms with van der Waals surface area (Å²) in [6.45, 7) is 5.86. The van der Waals surface area contributed by atoms with E-state index in [2.05, 4.69) is 24.3 Å². The summed E-state index contributed by atoms with van der Waals surface area (Å²) in [6.07, 6.45) is 0.741. The second kappa shape index (κ2) is 8.92. The van der Waals surface area contributed by atoms with Gasteiger partial charge in [-0.25, -0.2) is 0 Å². The number of rotatable bonds is 4. The fourth-order valence-corrected chi connectivity index (χ4v) is 1.94. The highest BCUT2D eigenvalue weighted by Crippen LogP contribution is 2.23. The number of ether oxygens (including phenoxy) is 1. The van der Waals surface area contributed by atoms with Crippen molar-refractivity contribution in [2.24, 2.45) is 0 Å². The molecule has 0 aromatic heterocycles. The van der Waals surface area contributed by atoms with Gasteiger partial charge in [0.1, 0.15) is 0 Å². The fraction of sp³-hybridized carbons (Fsp3) is 0.278. The lowest BCUT2D eigenvalue weighted by Crippen LogP contribution is -2.04. The van der Waals surface area contributed by atoms with Gasteiger partial charge in [-0.05, 0) is 16.7 Å². The van der Waals surface area contributed by atoms with Crippen LogP contribution in [0.2, 0.25) is 0 Å². The first-order valence-corrected chi connectivity index (χ1v) is 7.04. The number of esters is 1. The molecule has 0 N–H and O–H groups in total. The van der Waals surface area contributed by atoms with E-state index in [9.17, 15) is 4.79 Å². The molecule has 0 amide bonds. The molecule has 0 spiro atoms. The Hall–Kier alpha value is -2.09. The summed E-state index contributed by atoms with van der Waals surface area (Å²) in [5, 5.41) is 0. The van der Waals surface area contributed by atoms with Crippen LogP contribution in [0.5, 0.6) is 0 Å². The van der Waals surface area contributed by atoms with E-state index >= 15 is 0 Å². The molecule has 0 fully saturated rings. The summed E-state index contributed by atoms with van der Waals surface area (Å²) in [5.74, 6) is -0.229. The van der Waals surface area contributed by atoms with Crippen molar-refractivity contribution < 1.29 is 9.53 Å². The van der Waals surface area contributed by atoms with Crippen molar-refractivity contribution in [3.63, 3.8) is 0 Å². The van der Waals surface area contributed by atoms with Gasteiger partial charge in [0.15, 0.2) is 0 Å². The summed E-state index contributed by atoms with van der Waals surface area (Å²) >= 11 is 0. The van der Waals surface area contributed by atoms with Crippen molar-refractivity contribution in [2.45, 2.75) is 27.2 Å². The van der Waals surface area contributed by atoms with E-state index in [0.717, 1.165) is 6.42 Å². The molecule has 2 heteroatoms. The number of carbonyl (C=O) groups excluding carboxylic acids is 1. The Labute approximate surface area is 121 Å². The molecule has 2 rings (SSSR count). The van der Waals surface area contributed by atoms with E-state index in [1.165, 1.54) is 23.6 Å². The molecule has 0 aliphatic carbocycles. The average Bonchev–Trinajstić information content (AvgIpc) is 2.50. The smallest absolute Gasteiger partial charge is 0.302 e. The van der Waals surface area contributed by atoms with Gasteiger partial charge < -0.3 is 4.74 Å². The van der Waals surface area contributed by atoms with E-state index in [1.807, 2.05) is 44.2 Å². The second-order valence-corrected chi connectivity index (χ2v) is 4.11. The Morgan fingerprint density at radius 3 is 2.20 bits per heavy atom. The first kappa shape index (κ1) is 16.0. The fourth-order valence-electron chi connectivity index (χ4n) is 1.94. The molecule has 106 valence electrons. The van der Waals surface area contributed by atoms with Crippen LogP contribution in [0.3, 0.4) is 0 Å². The molecule has 0 radical (unpaired) electrons. The van der Waals surface area contributed by atoms with Gasteiger partial charge in [-0.1, -0.05) is 68.4 Å². The molecule has 0 aliphatic heterocycles. The van der Waals surface area contributed by atoms with E-state index < -0.39 is 0 Å². The standard InChI is InChI=1S/C16H16O2.C2H6/c1-13(17)18-12-11-15-9-5-6-10-16(15)14-7-3-2-4-8-14;1-2/h2-10H,11-12H2,1H3;1-2H3. The van der Waals surface area contributed by atoms with E-state index in [-0.39, 0.29) is 5.97 Å². The highest BCUT2D eigenvalue weighted by molar-refractivity contribution is 5.68. The molecular formula is C18H22O2. The van der Waals surface area contributed by atoms with Crippen LogP contribution in [0.25, 0.3) is 11.1 Å². The summed E-state index contributed by atoms with van der Waals surface area (Å²) in [4.78, 5) is 10.8. The zero-order chi connectivity index (χ0) is 14.8. The first-order chi connectivity index (χ1) is 9.77. The maximum absolute atomic E-state index is 10.8. The normalized spacial score (nSPS) is 9.35. The maximum Gasteiger partial charge on any atom is 0.302 e. The summed E-state index contributed by atoms with van der Waals surface area (Å²) < 4.78 is 5.00. The van der Waals surface area contributed by atoms with Gasteiger partial charge >= 0.3 is 5.97 Å². The van der Waals surface area contributed by atoms with E-state index in [4.69, 9.17) is 4.74 Å². The Balaban J connectivity index is 0.000000956. The number of hydrogen-bond acceptors (Lipinski definition) is 2. The molecule has 2 aromatic carbocycles. The Morgan fingerprint density at radius 1 is 0.950 bits per heavy atom. The van der Waals surface area contributed by atoms with E-state index in [0.29, 0.717) is 6.61 Å². The minimum absolute atomic E-state index is 0.229. The minimum Gasteiger partial charge on any atom is -0.466 e. The quantitative estimate of drug-likeness (QED) is 0.765. The molecule has 0 atom stereocenters. The van der Waals surface area contributed by atoms with Crippen molar-refractivity contribution in [3.8, 4) is 11.1 Å². The molecule has 0 aliphatic rings. The van der Waals surface area contributed by atoms with Crippen LogP contribution in [0, 0.1) is 0 Å². The Bertz CT molecular complexity index is 518. The number of carbonyl (C=O) groups is 1. The molecule has 2 nitrogen and oxygen atoms in total. The van der Waals surface area contributed by atoms with Gasteiger partial charge in [0.25, 0.3) is 0 Å². The highest BCUT2D eigenvalue weighted by atomic mass is 16.5. The molecule has 0 heterocycles. The van der Waals surface area contributed by atoms with Crippen LogP contribution in [-0.4, -0.2) is 12.6 Å². The van der Waals surface area contributed by atoms with Crippen molar-refractivity contribution >= 4 is 5.97 Å². The van der Waals surface area contributed by atoms with Gasteiger partial charge in [-0.15, -0.1) is 0 Å². The molecule has 0 unspecified atom stereocenters. The van der Waals surface area contributed by atoms with Gasteiger partial charge in [0, 0.05) is 13.3 Å². The SMILES string of the molecule is CC.CC(=O)OCCc1ccccc1-c1ccccc1. The Kier molecular flexibility index (Phi) is 7.12. The lowest BCUT2D eigenvalue weighted by molar-refractivity contribution is -0.140. The van der Waals surface area contributed by atoms with Crippen LogP contribution in [0.4, 0.5) is 0 Å². The Morgan fingerprint density at radius 2 is 1.55 bits per heavy atom. The molecule has 0 bridgehead atoms. The van der Waals surface area contributed by atoms with Crippen LogP contribution >= 0.6 is 0 Å². The van der Waals surface area contributed by atoms with Crippen LogP contribution in [0.15, 0.2) is 54.6 Å². The molecule has 0 saturated carbocycles. The molecular weight excluding hydrogens is 248 g/mol. The molecule has 0 saturated heterocycles. The summed E-state index contributed by atoms with van der Waals surface area (Å²) in [7, 11) is 0. The number of hydrogen-bond donors (Lipinski definition) is 0. The third-order valence-electron chi connectivity index (χ3n) is 2.78. The summed E-state index contributed by atoms with van der Waals surface area (Å²) in [6, 6.07) is 18.4. The number of benzene rings is 2. The van der Waals surface area contributed by atoms with Crippen molar-refractivity contribution in [1.29, 1.82) is 0 Å². The third-order valence-corrected chi connectivity index (χ3v) is 2.78. The third kappa shape index (κ3) is 4.88. The largest absolute Gasteiger partial charge is 0.466 e. The van der Waals surface area contributed by atoms with Crippen LogP contribution < -0.4 is 0 Å². The predicted octanol–water partition coefficient (Wildman–Crippen LogP) is 4.49. The predicted molar refractivity (Wildman–Crippen MR) is 83.6 cm³/mol. The second-order valence-electron chi connectivity index (χ2n) is 4.11. The highest BCUT2D eigenvalue weighted by Gasteiger charge is 2.04. The summed E-state index contributed by atoms with van der Waals surface area (Å²) in [5.41, 5.74) is 3.59. The van der Waals surface area contributed by atoms with Crippen LogP contribution in [-0.2, 0) is 16.0 Å². The van der Waals surface area contributed by atoms with Crippen molar-refractivity contribution in [2.75, 3.05) is 6.61 Å².